The van der Waals surface area contributed by atoms with Gasteiger partial charge in [0.2, 0.25) is 0 Å². The molecule has 2 aromatic carbocycles. The van der Waals surface area contributed by atoms with Crippen molar-refractivity contribution in [2.24, 2.45) is 0 Å². The highest BCUT2D eigenvalue weighted by Crippen LogP contribution is 2.45. The van der Waals surface area contributed by atoms with E-state index in [1.54, 1.807) is 30.3 Å². The summed E-state index contributed by atoms with van der Waals surface area (Å²) in [4.78, 5) is 4.39. The van der Waals surface area contributed by atoms with E-state index < -0.39 is 30.1 Å². The van der Waals surface area contributed by atoms with Crippen molar-refractivity contribution < 1.29 is 27.4 Å². The number of halogens is 4. The van der Waals surface area contributed by atoms with Crippen LogP contribution in [-0.2, 0) is 0 Å². The zero-order valence-electron chi connectivity index (χ0n) is 16.7. The molecule has 2 N–H and O–H groups in total. The van der Waals surface area contributed by atoms with E-state index in [9.17, 15) is 22.7 Å². The van der Waals surface area contributed by atoms with Gasteiger partial charge in [-0.1, -0.05) is 19.1 Å². The smallest absolute Gasteiger partial charge is 0.419 e. The Morgan fingerprint density at radius 2 is 1.87 bits per heavy atom. The van der Waals surface area contributed by atoms with Crippen molar-refractivity contribution in [2.45, 2.75) is 38.1 Å². The van der Waals surface area contributed by atoms with Gasteiger partial charge in [0.15, 0.2) is 17.2 Å². The van der Waals surface area contributed by atoms with E-state index in [0.717, 1.165) is 17.8 Å². The quantitative estimate of drug-likeness (QED) is 0.512. The van der Waals surface area contributed by atoms with Crippen molar-refractivity contribution in [3.8, 4) is 5.75 Å². The number of aliphatic hydroxyl groups is 1. The topological polar surface area (TPSA) is 54.4 Å². The molecule has 0 radical (unpaired) electrons. The molecule has 3 rings (SSSR count). The van der Waals surface area contributed by atoms with Gasteiger partial charge in [0.05, 0.1) is 18.7 Å². The largest absolute Gasteiger partial charge is 0.494 e. The predicted molar refractivity (Wildman–Crippen MR) is 107 cm³/mol. The Balaban J connectivity index is 2.18. The van der Waals surface area contributed by atoms with Crippen LogP contribution >= 0.6 is 0 Å². The van der Waals surface area contributed by atoms with Gasteiger partial charge in [-0.15, -0.1) is 0 Å². The summed E-state index contributed by atoms with van der Waals surface area (Å²) in [5.41, 5.74) is -1.35. The van der Waals surface area contributed by atoms with E-state index in [2.05, 4.69) is 10.3 Å². The number of nitrogens with one attached hydrogen (secondary N) is 1. The molecule has 0 aliphatic carbocycles. The minimum absolute atomic E-state index is 0.0343. The molecule has 2 unspecified atom stereocenters. The molecule has 30 heavy (non-hydrogen) atoms. The Hall–Kier alpha value is -2.87. The Bertz CT molecular complexity index is 1050. The number of anilines is 1. The number of alkyl halides is 3. The first kappa shape index (κ1) is 21.8. The van der Waals surface area contributed by atoms with Crippen LogP contribution in [0.3, 0.4) is 0 Å². The summed E-state index contributed by atoms with van der Waals surface area (Å²) in [7, 11) is 1.22. The molecule has 0 aliphatic rings. The predicted octanol–water partition coefficient (Wildman–Crippen LogP) is 5.55. The number of fused-ring (bicyclic) bond motifs is 1. The number of ether oxygens (including phenoxy) is 1. The van der Waals surface area contributed by atoms with Crippen molar-refractivity contribution in [1.82, 2.24) is 4.98 Å². The van der Waals surface area contributed by atoms with E-state index in [1.165, 1.54) is 20.1 Å². The van der Waals surface area contributed by atoms with Crippen molar-refractivity contribution in [3.63, 3.8) is 0 Å². The van der Waals surface area contributed by atoms with Gasteiger partial charge in [-0.3, -0.25) is 4.98 Å². The molecule has 0 fully saturated rings. The Morgan fingerprint density at radius 1 is 1.13 bits per heavy atom. The first-order valence-electron chi connectivity index (χ1n) is 9.36. The molecule has 0 saturated carbocycles. The third-order valence-corrected chi connectivity index (χ3v) is 5.19. The second kappa shape index (κ2) is 8.10. The summed E-state index contributed by atoms with van der Waals surface area (Å²) in [6, 6.07) is 10.3. The van der Waals surface area contributed by atoms with Gasteiger partial charge in [-0.25, -0.2) is 4.39 Å². The lowest BCUT2D eigenvalue weighted by Crippen LogP contribution is -2.52. The number of aromatic nitrogens is 1. The van der Waals surface area contributed by atoms with E-state index in [4.69, 9.17) is 4.74 Å². The molecule has 0 bridgehead atoms. The zero-order valence-corrected chi connectivity index (χ0v) is 16.7. The molecule has 0 spiro atoms. The van der Waals surface area contributed by atoms with Gasteiger partial charge in [0.25, 0.3) is 0 Å². The maximum atomic E-state index is 14.0. The third kappa shape index (κ3) is 3.92. The normalized spacial score (nSPS) is 14.9. The SMILES string of the molecule is CCC(O)(C(Nc1cccc2nc(C)ccc12)c1ccc(F)c(OC)c1)C(F)(F)F. The Kier molecular flexibility index (Phi) is 5.90. The van der Waals surface area contributed by atoms with Crippen LogP contribution in [0.25, 0.3) is 10.9 Å². The van der Waals surface area contributed by atoms with E-state index >= 15 is 0 Å². The van der Waals surface area contributed by atoms with Gasteiger partial charge in [0, 0.05) is 16.8 Å². The van der Waals surface area contributed by atoms with Crippen LogP contribution in [0.4, 0.5) is 23.2 Å². The molecule has 160 valence electrons. The number of rotatable bonds is 6. The molecule has 8 heteroatoms. The summed E-state index contributed by atoms with van der Waals surface area (Å²) in [6.45, 7) is 3.06. The minimum Gasteiger partial charge on any atom is -0.494 e. The summed E-state index contributed by atoms with van der Waals surface area (Å²) in [6.07, 6.45) is -5.56. The van der Waals surface area contributed by atoms with Crippen LogP contribution in [0.2, 0.25) is 0 Å². The molecule has 4 nitrogen and oxygen atoms in total. The highest BCUT2D eigenvalue weighted by molar-refractivity contribution is 5.91. The molecule has 2 atom stereocenters. The highest BCUT2D eigenvalue weighted by atomic mass is 19.4. The van der Waals surface area contributed by atoms with E-state index in [0.29, 0.717) is 16.6 Å². The minimum atomic E-state index is -4.94. The van der Waals surface area contributed by atoms with E-state index in [-0.39, 0.29) is 11.3 Å². The van der Waals surface area contributed by atoms with Crippen LogP contribution in [0.1, 0.15) is 30.6 Å². The summed E-state index contributed by atoms with van der Waals surface area (Å²) >= 11 is 0. The van der Waals surface area contributed by atoms with Crippen molar-refractivity contribution in [2.75, 3.05) is 12.4 Å². The monoisotopic (exact) mass is 422 g/mol. The standard InChI is InChI=1S/C22H22F4N2O2/c1-4-21(29,22(24,25)26)20(14-9-11-16(23)19(12-14)30-3)28-18-7-5-6-17-15(18)10-8-13(2)27-17/h5-12,20,28-29H,4H2,1-3H3. The Morgan fingerprint density at radius 3 is 2.50 bits per heavy atom. The van der Waals surface area contributed by atoms with Crippen molar-refractivity contribution in [1.29, 1.82) is 0 Å². The van der Waals surface area contributed by atoms with Crippen LogP contribution in [0.5, 0.6) is 5.75 Å². The lowest BCUT2D eigenvalue weighted by atomic mass is 9.85. The lowest BCUT2D eigenvalue weighted by Gasteiger charge is -2.38. The average molecular weight is 422 g/mol. The van der Waals surface area contributed by atoms with Gasteiger partial charge in [-0.2, -0.15) is 13.2 Å². The maximum absolute atomic E-state index is 14.0. The first-order chi connectivity index (χ1) is 14.1. The Labute approximate surface area is 171 Å². The van der Waals surface area contributed by atoms with Crippen molar-refractivity contribution >= 4 is 16.6 Å². The zero-order chi connectivity index (χ0) is 22.1. The van der Waals surface area contributed by atoms with Crippen LogP contribution < -0.4 is 10.1 Å². The lowest BCUT2D eigenvalue weighted by molar-refractivity contribution is -0.267. The molecule has 3 aromatic rings. The number of pyridine rings is 1. The highest BCUT2D eigenvalue weighted by Gasteiger charge is 2.58. The van der Waals surface area contributed by atoms with E-state index in [1.807, 2.05) is 6.92 Å². The number of hydrogen-bond donors (Lipinski definition) is 2. The van der Waals surface area contributed by atoms with Crippen LogP contribution in [-0.4, -0.2) is 29.0 Å². The number of aryl methyl sites for hydroxylation is 1. The summed E-state index contributed by atoms with van der Waals surface area (Å²) < 4.78 is 60.7. The molecule has 0 aliphatic heterocycles. The van der Waals surface area contributed by atoms with Crippen LogP contribution in [0.15, 0.2) is 48.5 Å². The number of hydrogen-bond acceptors (Lipinski definition) is 4. The van der Waals surface area contributed by atoms with Gasteiger partial charge in [0.1, 0.15) is 0 Å². The molecular formula is C22H22F4N2O2. The average Bonchev–Trinajstić information content (AvgIpc) is 2.71. The molecule has 1 aromatic heterocycles. The molecule has 0 saturated heterocycles. The van der Waals surface area contributed by atoms with Crippen molar-refractivity contribution in [3.05, 3.63) is 65.6 Å². The van der Waals surface area contributed by atoms with Crippen LogP contribution in [0, 0.1) is 12.7 Å². The number of methoxy groups -OCH3 is 1. The van der Waals surface area contributed by atoms with Gasteiger partial charge >= 0.3 is 6.18 Å². The first-order valence-corrected chi connectivity index (χ1v) is 9.36. The number of benzene rings is 2. The fourth-order valence-corrected chi connectivity index (χ4v) is 3.44. The molecule has 0 amide bonds. The molecule has 1 heterocycles. The van der Waals surface area contributed by atoms with Gasteiger partial charge < -0.3 is 15.2 Å². The fraction of sp³-hybridized carbons (Fsp3) is 0.318. The third-order valence-electron chi connectivity index (χ3n) is 5.19. The maximum Gasteiger partial charge on any atom is 0.419 e. The number of nitrogens with zero attached hydrogens (tertiary/aromatic N) is 1. The fourth-order valence-electron chi connectivity index (χ4n) is 3.44. The van der Waals surface area contributed by atoms with Gasteiger partial charge in [-0.05, 0) is 55.3 Å². The summed E-state index contributed by atoms with van der Waals surface area (Å²) in [5, 5.41) is 14.2. The molecular weight excluding hydrogens is 400 g/mol. The summed E-state index contributed by atoms with van der Waals surface area (Å²) in [5.74, 6) is -0.924. The second-order valence-corrected chi connectivity index (χ2v) is 7.07. The second-order valence-electron chi connectivity index (χ2n) is 7.07.